The smallest absolute Gasteiger partial charge is 0.283 e. The number of anilines is 1. The zero-order chi connectivity index (χ0) is 16.1. The lowest BCUT2D eigenvalue weighted by molar-refractivity contribution is -0.255. The van der Waals surface area contributed by atoms with Crippen LogP contribution in [0.5, 0.6) is 0 Å². The number of aryl methyl sites for hydroxylation is 1. The molecule has 0 aliphatic rings. The Kier molecular flexibility index (Phi) is 4.84. The van der Waals surface area contributed by atoms with Gasteiger partial charge in [0.2, 0.25) is 0 Å². The number of carbonyl (C=O) groups is 2. The number of benzene rings is 1. The Morgan fingerprint density at radius 3 is 2.68 bits per heavy atom. The third-order valence-corrected chi connectivity index (χ3v) is 3.71. The van der Waals surface area contributed by atoms with E-state index in [1.54, 1.807) is 12.1 Å². The van der Waals surface area contributed by atoms with Crippen LogP contribution in [0.25, 0.3) is 0 Å². The number of nitrogen functional groups attached to an aromatic ring is 1. The standard InChI is InChI=1S/C14H14N4O3S/c1-2-10-11(22-14(15)17-10)12(19)18-16-7-8-3-5-9(6-4-8)13(20)21/h3-7H,2H2,1H3,(H2,15,17)(H,18,19)(H,20,21)/p-1. The van der Waals surface area contributed by atoms with Gasteiger partial charge in [-0.15, -0.1) is 0 Å². The van der Waals surface area contributed by atoms with Gasteiger partial charge in [0.05, 0.1) is 17.9 Å². The van der Waals surface area contributed by atoms with E-state index in [9.17, 15) is 14.7 Å². The van der Waals surface area contributed by atoms with Gasteiger partial charge in [-0.2, -0.15) is 5.10 Å². The van der Waals surface area contributed by atoms with Crippen LogP contribution in [0, 0.1) is 0 Å². The molecule has 7 nitrogen and oxygen atoms in total. The molecule has 1 aromatic heterocycles. The highest BCUT2D eigenvalue weighted by molar-refractivity contribution is 7.17. The van der Waals surface area contributed by atoms with Crippen LogP contribution >= 0.6 is 11.3 Å². The first-order chi connectivity index (χ1) is 10.5. The van der Waals surface area contributed by atoms with E-state index < -0.39 is 5.97 Å². The van der Waals surface area contributed by atoms with Gasteiger partial charge >= 0.3 is 0 Å². The summed E-state index contributed by atoms with van der Waals surface area (Å²) < 4.78 is 0. The lowest BCUT2D eigenvalue weighted by atomic mass is 10.1. The molecule has 1 aromatic carbocycles. The van der Waals surface area contributed by atoms with Gasteiger partial charge in [0.1, 0.15) is 4.88 Å². The van der Waals surface area contributed by atoms with Crippen molar-refractivity contribution in [3.63, 3.8) is 0 Å². The minimum absolute atomic E-state index is 0.0777. The highest BCUT2D eigenvalue weighted by Crippen LogP contribution is 2.20. The highest BCUT2D eigenvalue weighted by Gasteiger charge is 2.15. The molecule has 2 aromatic rings. The summed E-state index contributed by atoms with van der Waals surface area (Å²) in [6.07, 6.45) is 2.01. The number of hydrazone groups is 1. The number of carboxylic acid groups (broad SMARTS) is 1. The number of aromatic carboxylic acids is 1. The van der Waals surface area contributed by atoms with Crippen LogP contribution in [0.1, 0.15) is 38.2 Å². The molecule has 0 aliphatic heterocycles. The van der Waals surface area contributed by atoms with E-state index in [2.05, 4.69) is 15.5 Å². The van der Waals surface area contributed by atoms with Crippen molar-refractivity contribution in [3.8, 4) is 0 Å². The van der Waals surface area contributed by atoms with Crippen molar-refractivity contribution in [3.05, 3.63) is 46.0 Å². The molecule has 0 radical (unpaired) electrons. The molecule has 0 unspecified atom stereocenters. The fourth-order valence-electron chi connectivity index (χ4n) is 1.71. The molecular formula is C14H13N4O3S-. The average Bonchev–Trinajstić information content (AvgIpc) is 2.89. The van der Waals surface area contributed by atoms with Crippen LogP contribution in [0.3, 0.4) is 0 Å². The number of carbonyl (C=O) groups excluding carboxylic acids is 2. The van der Waals surface area contributed by atoms with Gasteiger partial charge in [-0.25, -0.2) is 10.4 Å². The van der Waals surface area contributed by atoms with Crippen molar-refractivity contribution in [2.45, 2.75) is 13.3 Å². The number of nitrogens with zero attached hydrogens (tertiary/aromatic N) is 2. The molecule has 2 rings (SSSR count). The van der Waals surface area contributed by atoms with Gasteiger partial charge < -0.3 is 15.6 Å². The number of nitrogens with one attached hydrogen (secondary N) is 1. The molecule has 114 valence electrons. The zero-order valence-electron chi connectivity index (χ0n) is 11.7. The molecule has 3 N–H and O–H groups in total. The quantitative estimate of drug-likeness (QED) is 0.611. The second kappa shape index (κ2) is 6.81. The van der Waals surface area contributed by atoms with Crippen molar-refractivity contribution in [2.75, 3.05) is 5.73 Å². The fourth-order valence-corrected chi connectivity index (χ4v) is 2.52. The molecule has 22 heavy (non-hydrogen) atoms. The van der Waals surface area contributed by atoms with Crippen LogP contribution in [0.2, 0.25) is 0 Å². The molecule has 0 spiro atoms. The Balaban J connectivity index is 2.02. The van der Waals surface area contributed by atoms with Gasteiger partial charge in [-0.1, -0.05) is 42.5 Å². The number of aromatic nitrogens is 1. The first-order valence-corrected chi connectivity index (χ1v) is 7.23. The summed E-state index contributed by atoms with van der Waals surface area (Å²) in [7, 11) is 0. The first kappa shape index (κ1) is 15.6. The van der Waals surface area contributed by atoms with E-state index in [0.717, 1.165) is 11.3 Å². The number of hydrogen-bond acceptors (Lipinski definition) is 7. The summed E-state index contributed by atoms with van der Waals surface area (Å²) in [5.74, 6) is -1.62. The van der Waals surface area contributed by atoms with Crippen molar-refractivity contribution < 1.29 is 14.7 Å². The third kappa shape index (κ3) is 3.67. The number of hydrogen-bond donors (Lipinski definition) is 2. The largest absolute Gasteiger partial charge is 0.545 e. The Morgan fingerprint density at radius 1 is 1.41 bits per heavy atom. The van der Waals surface area contributed by atoms with Crippen molar-refractivity contribution in [1.82, 2.24) is 10.4 Å². The SMILES string of the molecule is CCc1nc(N)sc1C(=O)NN=Cc1ccc(C(=O)[O-])cc1. The van der Waals surface area contributed by atoms with E-state index in [4.69, 9.17) is 5.73 Å². The summed E-state index contributed by atoms with van der Waals surface area (Å²) in [6, 6.07) is 5.92. The summed E-state index contributed by atoms with van der Waals surface area (Å²) in [4.78, 5) is 27.1. The summed E-state index contributed by atoms with van der Waals surface area (Å²) in [6.45, 7) is 1.88. The topological polar surface area (TPSA) is 120 Å². The average molecular weight is 317 g/mol. The minimum Gasteiger partial charge on any atom is -0.545 e. The molecule has 8 heteroatoms. The second-order valence-electron chi connectivity index (χ2n) is 4.29. The van der Waals surface area contributed by atoms with Crippen LogP contribution in [0.4, 0.5) is 5.13 Å². The monoisotopic (exact) mass is 317 g/mol. The van der Waals surface area contributed by atoms with Gasteiger partial charge in [0, 0.05) is 0 Å². The third-order valence-electron chi connectivity index (χ3n) is 2.78. The predicted octanol–water partition coefficient (Wildman–Crippen LogP) is 0.415. The molecule has 0 atom stereocenters. The van der Waals surface area contributed by atoms with E-state index in [0.29, 0.717) is 27.7 Å². The molecule has 0 saturated heterocycles. The number of nitrogens with two attached hydrogens (primary N) is 1. The van der Waals surface area contributed by atoms with Gasteiger partial charge in [-0.3, -0.25) is 4.79 Å². The maximum atomic E-state index is 12.0. The molecular weight excluding hydrogens is 304 g/mol. The van der Waals surface area contributed by atoms with Crippen LogP contribution in [-0.2, 0) is 6.42 Å². The summed E-state index contributed by atoms with van der Waals surface area (Å²) in [5.41, 5.74) is 9.33. The van der Waals surface area contributed by atoms with Crippen molar-refractivity contribution in [1.29, 1.82) is 0 Å². The molecule has 0 aliphatic carbocycles. The van der Waals surface area contributed by atoms with E-state index in [1.165, 1.54) is 18.3 Å². The molecule has 1 heterocycles. The summed E-state index contributed by atoms with van der Waals surface area (Å²) in [5, 5.41) is 14.8. The zero-order valence-corrected chi connectivity index (χ0v) is 12.5. The maximum absolute atomic E-state index is 12.0. The van der Waals surface area contributed by atoms with Gasteiger partial charge in [0.15, 0.2) is 5.13 Å². The predicted molar refractivity (Wildman–Crippen MR) is 81.7 cm³/mol. The molecule has 1 amide bonds. The summed E-state index contributed by atoms with van der Waals surface area (Å²) >= 11 is 1.11. The van der Waals surface area contributed by atoms with E-state index in [-0.39, 0.29) is 11.5 Å². The molecule has 0 saturated carbocycles. The minimum atomic E-state index is -1.24. The Labute approximate surface area is 130 Å². The van der Waals surface area contributed by atoms with Crippen LogP contribution in [0.15, 0.2) is 29.4 Å². The van der Waals surface area contributed by atoms with Crippen molar-refractivity contribution in [2.24, 2.45) is 5.10 Å². The number of rotatable bonds is 5. The molecule has 0 fully saturated rings. The van der Waals surface area contributed by atoms with Crippen LogP contribution < -0.4 is 16.3 Å². The van der Waals surface area contributed by atoms with Gasteiger partial charge in [0.25, 0.3) is 5.91 Å². The first-order valence-electron chi connectivity index (χ1n) is 6.41. The lowest BCUT2D eigenvalue weighted by Crippen LogP contribution is -2.22. The number of carboxylic acids is 1. The van der Waals surface area contributed by atoms with Crippen LogP contribution in [-0.4, -0.2) is 23.1 Å². The van der Waals surface area contributed by atoms with E-state index in [1.807, 2.05) is 6.92 Å². The van der Waals surface area contributed by atoms with Crippen molar-refractivity contribution >= 4 is 34.6 Å². The fraction of sp³-hybridized carbons (Fsp3) is 0.143. The normalized spacial score (nSPS) is 10.8. The van der Waals surface area contributed by atoms with E-state index >= 15 is 0 Å². The Morgan fingerprint density at radius 2 is 2.09 bits per heavy atom. The highest BCUT2D eigenvalue weighted by atomic mass is 32.1. The second-order valence-corrected chi connectivity index (χ2v) is 5.32. The van der Waals surface area contributed by atoms with Gasteiger partial charge in [-0.05, 0) is 17.5 Å². The maximum Gasteiger partial charge on any atom is 0.283 e. The lowest BCUT2D eigenvalue weighted by Gasteiger charge is -2.01. The molecule has 0 bridgehead atoms. The number of amides is 1. The Hall–Kier alpha value is -2.74. The Bertz CT molecular complexity index is 722. The number of thiazole rings is 1.